The number of furan rings is 2. The van der Waals surface area contributed by atoms with Gasteiger partial charge in [-0.2, -0.15) is 0 Å². The molecule has 0 unspecified atom stereocenters. The van der Waals surface area contributed by atoms with E-state index in [9.17, 15) is 0 Å². The average Bonchev–Trinajstić information content (AvgIpc) is 3.59. The number of para-hydroxylation sites is 2. The Hall–Kier alpha value is -9.72. The minimum absolute atomic E-state index is 0.824. The maximum Gasteiger partial charge on any atom is 0.159 e. The molecule has 0 aliphatic heterocycles. The van der Waals surface area contributed by atoms with Gasteiger partial charge >= 0.3 is 0 Å². The zero-order valence-electron chi connectivity index (χ0n) is 45.1. The van der Waals surface area contributed by atoms with Crippen LogP contribution in [0.5, 0.6) is 0 Å². The molecule has 0 bridgehead atoms. The summed E-state index contributed by atoms with van der Waals surface area (Å²) in [6.07, 6.45) is 0.824. The summed E-state index contributed by atoms with van der Waals surface area (Å²) in [7, 11) is 0. The standard InChI is InChI=1S/C76H48N2O2S2/c1-42-20-29-61-56(34-42)57-35-43(2)21-30-62(57)77(61)65-15-7-14-55-74-50(12-9-18-68(74)80-76(55)65)48-25-28-53-52-27-23-46(39-71(52)82-72(53)41-48)37-45-24-32-64-59(38-45)58-36-44(3)22-31-63(58)78(64)66-16-6-13-54-73-49(11-8-17-67(73)79-75(54)66)47-26-33-70-60(40-47)51-10-4-5-19-69(51)81-70/h4-36,38-41H,37H2,1-3H3. The number of fused-ring (bicyclic) bond motifs is 18. The van der Waals surface area contributed by atoms with Crippen molar-refractivity contribution >= 4 is 151 Å². The molecule has 4 nitrogen and oxygen atoms in total. The monoisotopic (exact) mass is 1080 g/mol. The average molecular weight is 1090 g/mol. The van der Waals surface area contributed by atoms with E-state index in [-0.39, 0.29) is 0 Å². The molecule has 18 aromatic rings. The zero-order valence-corrected chi connectivity index (χ0v) is 46.7. The highest BCUT2D eigenvalue weighted by Gasteiger charge is 2.23. The lowest BCUT2D eigenvalue weighted by Crippen LogP contribution is -1.95. The van der Waals surface area contributed by atoms with Gasteiger partial charge in [0.2, 0.25) is 0 Å². The highest BCUT2D eigenvalue weighted by atomic mass is 32.1. The second-order valence-electron chi connectivity index (χ2n) is 22.6. The molecule has 0 atom stereocenters. The van der Waals surface area contributed by atoms with Crippen LogP contribution in [0.25, 0.3) is 161 Å². The van der Waals surface area contributed by atoms with Gasteiger partial charge in [0.05, 0.1) is 33.4 Å². The van der Waals surface area contributed by atoms with Crippen molar-refractivity contribution in [1.82, 2.24) is 9.13 Å². The fourth-order valence-electron chi connectivity index (χ4n) is 13.8. The number of hydrogen-bond acceptors (Lipinski definition) is 4. The molecule has 0 fully saturated rings. The van der Waals surface area contributed by atoms with Crippen LogP contribution < -0.4 is 0 Å². The van der Waals surface area contributed by atoms with Gasteiger partial charge in [0.1, 0.15) is 11.2 Å². The van der Waals surface area contributed by atoms with Gasteiger partial charge in [-0.05, 0) is 164 Å². The second kappa shape index (κ2) is 17.1. The van der Waals surface area contributed by atoms with Crippen molar-refractivity contribution < 1.29 is 8.83 Å². The van der Waals surface area contributed by atoms with Gasteiger partial charge in [-0.3, -0.25) is 0 Å². The molecule has 0 spiro atoms. The first-order valence-corrected chi connectivity index (χ1v) is 29.8. The number of rotatable bonds is 6. The predicted octanol–water partition coefficient (Wildman–Crippen LogP) is 22.3. The molecule has 0 saturated carbocycles. The molecule has 12 aromatic carbocycles. The molecular formula is C76H48N2O2S2. The Kier molecular flexibility index (Phi) is 9.64. The van der Waals surface area contributed by atoms with Gasteiger partial charge in [0.15, 0.2) is 11.2 Å². The molecule has 0 saturated heterocycles. The molecule has 0 amide bonds. The van der Waals surface area contributed by atoms with E-state index in [0.717, 1.165) is 67.2 Å². The first kappa shape index (κ1) is 46.1. The van der Waals surface area contributed by atoms with Crippen molar-refractivity contribution in [2.45, 2.75) is 27.2 Å². The maximum atomic E-state index is 6.97. The molecule has 0 radical (unpaired) electrons. The summed E-state index contributed by atoms with van der Waals surface area (Å²) >= 11 is 3.74. The number of thiophene rings is 2. The van der Waals surface area contributed by atoms with Crippen LogP contribution in [0.3, 0.4) is 0 Å². The zero-order chi connectivity index (χ0) is 54.1. The van der Waals surface area contributed by atoms with E-state index in [0.29, 0.717) is 0 Å². The van der Waals surface area contributed by atoms with Crippen LogP contribution in [-0.2, 0) is 6.42 Å². The van der Waals surface area contributed by atoms with Crippen molar-refractivity contribution in [3.8, 4) is 33.6 Å². The summed E-state index contributed by atoms with van der Waals surface area (Å²) < 4.78 is 23.9. The van der Waals surface area contributed by atoms with Crippen molar-refractivity contribution in [3.63, 3.8) is 0 Å². The topological polar surface area (TPSA) is 36.1 Å². The van der Waals surface area contributed by atoms with Gasteiger partial charge in [0.25, 0.3) is 0 Å². The van der Waals surface area contributed by atoms with Crippen LogP contribution in [0, 0.1) is 20.8 Å². The van der Waals surface area contributed by atoms with Gasteiger partial charge in [-0.1, -0.05) is 138 Å². The highest BCUT2D eigenvalue weighted by molar-refractivity contribution is 7.26. The molecule has 82 heavy (non-hydrogen) atoms. The number of nitrogens with zero attached hydrogens (tertiary/aromatic N) is 2. The summed E-state index contributed by atoms with van der Waals surface area (Å²) in [5.74, 6) is 0. The fourth-order valence-corrected chi connectivity index (χ4v) is 16.1. The van der Waals surface area contributed by atoms with E-state index < -0.39 is 0 Å². The molecule has 0 aliphatic carbocycles. The van der Waals surface area contributed by atoms with Crippen LogP contribution in [0.15, 0.2) is 233 Å². The Morgan fingerprint density at radius 3 is 1.39 bits per heavy atom. The van der Waals surface area contributed by atoms with E-state index in [2.05, 4.69) is 254 Å². The lowest BCUT2D eigenvalue weighted by atomic mass is 9.98. The first-order chi connectivity index (χ1) is 40.3. The van der Waals surface area contributed by atoms with Crippen molar-refractivity contribution in [2.75, 3.05) is 0 Å². The lowest BCUT2D eigenvalue weighted by Gasteiger charge is -2.09. The van der Waals surface area contributed by atoms with Gasteiger partial charge in [0, 0.05) is 83.4 Å². The summed E-state index contributed by atoms with van der Waals surface area (Å²) in [4.78, 5) is 0. The molecule has 6 heteroatoms. The van der Waals surface area contributed by atoms with Crippen molar-refractivity contribution in [1.29, 1.82) is 0 Å². The van der Waals surface area contributed by atoms with Crippen LogP contribution in [0.4, 0.5) is 0 Å². The normalized spacial score (nSPS) is 12.4. The molecule has 386 valence electrons. The first-order valence-electron chi connectivity index (χ1n) is 28.2. The van der Waals surface area contributed by atoms with Crippen molar-refractivity contribution in [3.05, 3.63) is 252 Å². The number of hydrogen-bond donors (Lipinski definition) is 0. The largest absolute Gasteiger partial charge is 0.454 e. The van der Waals surface area contributed by atoms with E-state index in [1.807, 2.05) is 22.7 Å². The molecule has 18 rings (SSSR count). The summed E-state index contributed by atoms with van der Waals surface area (Å²) in [6.45, 7) is 6.54. The fraction of sp³-hybridized carbons (Fsp3) is 0.0526. The Morgan fingerprint density at radius 2 is 0.768 bits per heavy atom. The molecular weight excluding hydrogens is 1040 g/mol. The number of benzene rings is 12. The highest BCUT2D eigenvalue weighted by Crippen LogP contribution is 2.46. The van der Waals surface area contributed by atoms with Crippen molar-refractivity contribution in [2.24, 2.45) is 0 Å². The molecule has 0 N–H and O–H groups in total. The third kappa shape index (κ3) is 6.71. The summed E-state index contributed by atoms with van der Waals surface area (Å²) in [5, 5.41) is 14.7. The van der Waals surface area contributed by atoms with E-state index >= 15 is 0 Å². The van der Waals surface area contributed by atoms with Crippen LogP contribution in [-0.4, -0.2) is 9.13 Å². The summed E-state index contributed by atoms with van der Waals surface area (Å²) in [5.41, 5.74) is 21.4. The lowest BCUT2D eigenvalue weighted by molar-refractivity contribution is 0.666. The Bertz CT molecular complexity index is 5730. The quantitative estimate of drug-likeness (QED) is 0.166. The Morgan fingerprint density at radius 1 is 0.317 bits per heavy atom. The minimum atomic E-state index is 0.824. The third-order valence-corrected chi connectivity index (χ3v) is 19.8. The summed E-state index contributed by atoms with van der Waals surface area (Å²) in [6, 6.07) is 83.4. The van der Waals surface area contributed by atoms with E-state index in [1.165, 1.54) is 129 Å². The number of aryl methyl sites for hydroxylation is 3. The van der Waals surface area contributed by atoms with E-state index in [4.69, 9.17) is 8.83 Å². The second-order valence-corrected chi connectivity index (χ2v) is 24.8. The Balaban J connectivity index is 0.702. The van der Waals surface area contributed by atoms with Gasteiger partial charge < -0.3 is 18.0 Å². The maximum absolute atomic E-state index is 6.97. The predicted molar refractivity (Wildman–Crippen MR) is 350 cm³/mol. The number of aromatic nitrogens is 2. The van der Waals surface area contributed by atoms with E-state index in [1.54, 1.807) is 0 Å². The molecule has 6 aromatic heterocycles. The third-order valence-electron chi connectivity index (χ3n) is 17.5. The molecule has 0 aliphatic rings. The Labute approximate surface area is 478 Å². The molecule has 6 heterocycles. The SMILES string of the molecule is Cc1ccc2c(c1)c1cc(C)ccc1n2-c1cccc2c1oc1cccc(-c3ccc4c(c3)sc3cc(Cc5ccc6c(c5)c5cc(C)ccc5n6-c5cccc6c5oc5cccc(-c7ccc8sc9ccccc9c8c7)c56)ccc34)c12. The smallest absolute Gasteiger partial charge is 0.159 e. The minimum Gasteiger partial charge on any atom is -0.454 e. The van der Waals surface area contributed by atoms with Crippen LogP contribution in [0.2, 0.25) is 0 Å². The van der Waals surface area contributed by atoms with Gasteiger partial charge in [-0.25, -0.2) is 0 Å². The van der Waals surface area contributed by atoms with Gasteiger partial charge in [-0.15, -0.1) is 22.7 Å². The van der Waals surface area contributed by atoms with Crippen LogP contribution >= 0.6 is 22.7 Å². The van der Waals surface area contributed by atoms with Crippen LogP contribution in [0.1, 0.15) is 27.8 Å².